The van der Waals surface area contributed by atoms with Gasteiger partial charge in [-0.15, -0.1) is 0 Å². The number of anilines is 2. The number of carbonyl (C=O) groups is 1. The molecule has 0 radical (unpaired) electrons. The van der Waals surface area contributed by atoms with Crippen LogP contribution in [0, 0.1) is 6.92 Å². The highest BCUT2D eigenvalue weighted by Crippen LogP contribution is 2.24. The van der Waals surface area contributed by atoms with E-state index in [2.05, 4.69) is 5.32 Å². The third kappa shape index (κ3) is 4.54. The summed E-state index contributed by atoms with van der Waals surface area (Å²) in [7, 11) is -3.23. The number of hydrogen-bond donors (Lipinski definition) is 1. The summed E-state index contributed by atoms with van der Waals surface area (Å²) in [6, 6.07) is 14.3. The van der Waals surface area contributed by atoms with Crippen LogP contribution in [0.2, 0.25) is 0 Å². The average molecular weight is 374 g/mol. The van der Waals surface area contributed by atoms with E-state index >= 15 is 0 Å². The van der Waals surface area contributed by atoms with Crippen LogP contribution in [0.4, 0.5) is 11.4 Å². The molecule has 0 aromatic heterocycles. The number of nitrogens with zero attached hydrogens (tertiary/aromatic N) is 1. The van der Waals surface area contributed by atoms with Gasteiger partial charge in [-0.05, 0) is 56.2 Å². The summed E-state index contributed by atoms with van der Waals surface area (Å²) in [6.07, 6.45) is 1.56. The van der Waals surface area contributed by atoms with Crippen LogP contribution in [0.5, 0.6) is 5.75 Å². The molecule has 0 spiro atoms. The van der Waals surface area contributed by atoms with Crippen LogP contribution >= 0.6 is 0 Å². The van der Waals surface area contributed by atoms with E-state index in [1.165, 1.54) is 4.31 Å². The van der Waals surface area contributed by atoms with Gasteiger partial charge in [0.1, 0.15) is 5.75 Å². The van der Waals surface area contributed by atoms with Crippen molar-refractivity contribution in [3.05, 3.63) is 54.1 Å². The first-order valence-electron chi connectivity index (χ1n) is 8.54. The molecule has 1 amide bonds. The minimum Gasteiger partial charge on any atom is -0.484 e. The van der Waals surface area contributed by atoms with Crippen LogP contribution in [0.25, 0.3) is 0 Å². The molecule has 7 heteroatoms. The number of aryl methyl sites for hydroxylation is 1. The SMILES string of the molecule is Cc1ccc(OCC(=O)Nc2ccc(N3CCCCS3(=O)=O)cc2)cc1. The lowest BCUT2D eigenvalue weighted by Crippen LogP contribution is -2.37. The molecule has 1 fully saturated rings. The zero-order chi connectivity index (χ0) is 18.6. The topological polar surface area (TPSA) is 75.7 Å². The highest BCUT2D eigenvalue weighted by molar-refractivity contribution is 7.92. The molecule has 2 aromatic carbocycles. The molecule has 1 heterocycles. The van der Waals surface area contributed by atoms with Gasteiger partial charge in [0.25, 0.3) is 5.91 Å². The molecule has 138 valence electrons. The Balaban J connectivity index is 1.56. The molecule has 3 rings (SSSR count). The van der Waals surface area contributed by atoms with Crippen LogP contribution in [-0.4, -0.2) is 33.2 Å². The predicted molar refractivity (Wildman–Crippen MR) is 102 cm³/mol. The standard InChI is InChI=1S/C19H22N2O4S/c1-15-4-10-18(11-5-15)25-14-19(22)20-16-6-8-17(9-7-16)21-12-2-3-13-26(21,23)24/h4-11H,2-3,12-14H2,1H3,(H,20,22). The lowest BCUT2D eigenvalue weighted by Gasteiger charge is -2.28. The molecule has 0 atom stereocenters. The minimum absolute atomic E-state index is 0.0919. The summed E-state index contributed by atoms with van der Waals surface area (Å²) in [5.41, 5.74) is 2.34. The average Bonchev–Trinajstić information content (AvgIpc) is 2.62. The van der Waals surface area contributed by atoms with Crippen molar-refractivity contribution in [3.8, 4) is 5.75 Å². The Morgan fingerprint density at radius 3 is 2.42 bits per heavy atom. The van der Waals surface area contributed by atoms with Crippen molar-refractivity contribution >= 4 is 27.3 Å². The van der Waals surface area contributed by atoms with Crippen molar-refractivity contribution in [3.63, 3.8) is 0 Å². The van der Waals surface area contributed by atoms with E-state index in [1.54, 1.807) is 24.3 Å². The maximum absolute atomic E-state index is 12.1. The molecule has 0 saturated carbocycles. The van der Waals surface area contributed by atoms with Crippen molar-refractivity contribution in [2.45, 2.75) is 19.8 Å². The van der Waals surface area contributed by atoms with Crippen LogP contribution in [0.15, 0.2) is 48.5 Å². The Kier molecular flexibility index (Phi) is 5.46. The summed E-state index contributed by atoms with van der Waals surface area (Å²) in [5, 5.41) is 2.74. The van der Waals surface area contributed by atoms with Gasteiger partial charge < -0.3 is 10.1 Å². The maximum Gasteiger partial charge on any atom is 0.262 e. The van der Waals surface area contributed by atoms with Crippen molar-refractivity contribution < 1.29 is 17.9 Å². The molecule has 6 nitrogen and oxygen atoms in total. The minimum atomic E-state index is -3.23. The first-order chi connectivity index (χ1) is 12.4. The first-order valence-corrected chi connectivity index (χ1v) is 10.1. The lowest BCUT2D eigenvalue weighted by molar-refractivity contribution is -0.118. The summed E-state index contributed by atoms with van der Waals surface area (Å²) in [5.74, 6) is 0.544. The molecule has 1 aliphatic heterocycles. The monoisotopic (exact) mass is 374 g/mol. The van der Waals surface area contributed by atoms with Gasteiger partial charge >= 0.3 is 0 Å². The van der Waals surface area contributed by atoms with E-state index < -0.39 is 10.0 Å². The number of carbonyl (C=O) groups excluding carboxylic acids is 1. The number of hydrogen-bond acceptors (Lipinski definition) is 4. The quantitative estimate of drug-likeness (QED) is 0.873. The highest BCUT2D eigenvalue weighted by atomic mass is 32.2. The van der Waals surface area contributed by atoms with Crippen molar-refractivity contribution in [1.82, 2.24) is 0 Å². The van der Waals surface area contributed by atoms with Crippen molar-refractivity contribution in [1.29, 1.82) is 0 Å². The fourth-order valence-corrected chi connectivity index (χ4v) is 4.41. The smallest absolute Gasteiger partial charge is 0.262 e. The van der Waals surface area contributed by atoms with Crippen LogP contribution in [-0.2, 0) is 14.8 Å². The summed E-state index contributed by atoms with van der Waals surface area (Å²) < 4.78 is 31.1. The Labute approximate surface area is 153 Å². The summed E-state index contributed by atoms with van der Waals surface area (Å²) in [6.45, 7) is 2.39. The summed E-state index contributed by atoms with van der Waals surface area (Å²) in [4.78, 5) is 12.0. The van der Waals surface area contributed by atoms with E-state index in [4.69, 9.17) is 4.74 Å². The van der Waals surface area contributed by atoms with Gasteiger partial charge in [0, 0.05) is 12.2 Å². The molecule has 2 aromatic rings. The molecule has 1 saturated heterocycles. The number of sulfonamides is 1. The number of nitrogens with one attached hydrogen (secondary N) is 1. The largest absolute Gasteiger partial charge is 0.484 e. The Hall–Kier alpha value is -2.54. The molecule has 0 aliphatic carbocycles. The molecule has 26 heavy (non-hydrogen) atoms. The van der Waals surface area contributed by atoms with E-state index in [-0.39, 0.29) is 18.3 Å². The number of ether oxygens (including phenoxy) is 1. The Bertz CT molecular complexity index is 861. The fourth-order valence-electron chi connectivity index (χ4n) is 2.77. The van der Waals surface area contributed by atoms with Crippen LogP contribution < -0.4 is 14.4 Å². The predicted octanol–water partition coefficient (Wildman–Crippen LogP) is 2.94. The van der Waals surface area contributed by atoms with Gasteiger partial charge in [-0.2, -0.15) is 0 Å². The van der Waals surface area contributed by atoms with Crippen molar-refractivity contribution in [2.75, 3.05) is 28.5 Å². The lowest BCUT2D eigenvalue weighted by atomic mass is 10.2. The van der Waals surface area contributed by atoms with Gasteiger partial charge in [-0.3, -0.25) is 9.10 Å². The third-order valence-corrected chi connectivity index (χ3v) is 6.05. The first kappa shape index (κ1) is 18.3. The molecular weight excluding hydrogens is 352 g/mol. The van der Waals surface area contributed by atoms with Gasteiger partial charge in [-0.25, -0.2) is 8.42 Å². The third-order valence-electron chi connectivity index (χ3n) is 4.18. The van der Waals surface area contributed by atoms with Gasteiger partial charge in [0.2, 0.25) is 10.0 Å². The second kappa shape index (κ2) is 7.78. The fraction of sp³-hybridized carbons (Fsp3) is 0.316. The van der Waals surface area contributed by atoms with E-state index in [0.29, 0.717) is 30.1 Å². The number of amides is 1. The second-order valence-electron chi connectivity index (χ2n) is 6.29. The second-order valence-corrected chi connectivity index (χ2v) is 8.30. The zero-order valence-electron chi connectivity index (χ0n) is 14.6. The summed E-state index contributed by atoms with van der Waals surface area (Å²) >= 11 is 0. The van der Waals surface area contributed by atoms with Crippen LogP contribution in [0.1, 0.15) is 18.4 Å². The molecule has 1 N–H and O–H groups in total. The maximum atomic E-state index is 12.1. The molecular formula is C19H22N2O4S. The van der Waals surface area contributed by atoms with Gasteiger partial charge in [-0.1, -0.05) is 17.7 Å². The highest BCUT2D eigenvalue weighted by Gasteiger charge is 2.25. The normalized spacial score (nSPS) is 16.1. The Morgan fingerprint density at radius 2 is 1.77 bits per heavy atom. The van der Waals surface area contributed by atoms with E-state index in [9.17, 15) is 13.2 Å². The van der Waals surface area contributed by atoms with E-state index in [0.717, 1.165) is 12.0 Å². The van der Waals surface area contributed by atoms with Gasteiger partial charge in [0.15, 0.2) is 6.61 Å². The molecule has 1 aliphatic rings. The van der Waals surface area contributed by atoms with Crippen molar-refractivity contribution in [2.24, 2.45) is 0 Å². The number of rotatable bonds is 5. The zero-order valence-corrected chi connectivity index (χ0v) is 15.5. The van der Waals surface area contributed by atoms with E-state index in [1.807, 2.05) is 31.2 Å². The molecule has 0 bridgehead atoms. The van der Waals surface area contributed by atoms with Crippen LogP contribution in [0.3, 0.4) is 0 Å². The molecule has 0 unspecified atom stereocenters. The number of benzene rings is 2. The van der Waals surface area contributed by atoms with Gasteiger partial charge in [0.05, 0.1) is 11.4 Å². The Morgan fingerprint density at radius 1 is 1.08 bits per heavy atom.